The average molecular weight is 360 g/mol. The van der Waals surface area contributed by atoms with Crippen LogP contribution < -0.4 is 20.5 Å². The van der Waals surface area contributed by atoms with Crippen molar-refractivity contribution in [2.24, 2.45) is 0 Å². The topological polar surface area (TPSA) is 122 Å². The number of morpholine rings is 1. The summed E-state index contributed by atoms with van der Waals surface area (Å²) in [5, 5.41) is 8.54. The number of carbonyl (C=O) groups is 1. The third-order valence-corrected chi connectivity index (χ3v) is 3.69. The quantitative estimate of drug-likeness (QED) is 0.662. The molecule has 1 aliphatic heterocycles. The van der Waals surface area contributed by atoms with Crippen LogP contribution in [-0.2, 0) is 4.74 Å². The molecule has 0 bridgehead atoms. The van der Waals surface area contributed by atoms with Gasteiger partial charge >= 0.3 is 0 Å². The molecule has 1 aliphatic rings. The van der Waals surface area contributed by atoms with Crippen LogP contribution in [0.1, 0.15) is 16.3 Å². The van der Waals surface area contributed by atoms with Crippen molar-refractivity contribution in [3.05, 3.63) is 40.1 Å². The van der Waals surface area contributed by atoms with Crippen LogP contribution in [0.15, 0.2) is 23.0 Å². The normalized spacial score (nSPS) is 14.1. The first-order valence-corrected chi connectivity index (χ1v) is 8.27. The van der Waals surface area contributed by atoms with Gasteiger partial charge in [-0.1, -0.05) is 0 Å². The van der Waals surface area contributed by atoms with E-state index in [4.69, 9.17) is 9.47 Å². The lowest BCUT2D eigenvalue weighted by Gasteiger charge is -2.28. The number of H-pyrrole nitrogens is 1. The molecule has 10 nitrogen and oxygen atoms in total. The lowest BCUT2D eigenvalue weighted by atomic mass is 10.3. The highest BCUT2D eigenvalue weighted by Crippen LogP contribution is 2.18. The molecule has 1 saturated heterocycles. The number of amides is 1. The minimum absolute atomic E-state index is 0.136. The van der Waals surface area contributed by atoms with E-state index in [0.29, 0.717) is 24.9 Å². The Hall–Kier alpha value is -3.01. The van der Waals surface area contributed by atoms with Gasteiger partial charge in [0.15, 0.2) is 0 Å². The average Bonchev–Trinajstić information content (AvgIpc) is 2.66. The molecule has 0 aromatic carbocycles. The molecule has 1 fully saturated rings. The van der Waals surface area contributed by atoms with Gasteiger partial charge < -0.3 is 19.7 Å². The Morgan fingerprint density at radius 2 is 2.15 bits per heavy atom. The Kier molecular flexibility index (Phi) is 5.74. The lowest BCUT2D eigenvalue weighted by molar-refractivity contribution is 0.0940. The van der Waals surface area contributed by atoms with Crippen molar-refractivity contribution in [1.29, 1.82) is 0 Å². The SMILES string of the molecule is Cc1nc(OCCNC(=O)c2ccc(=O)[nH]n2)cc(N2CCOCC2)n1. The van der Waals surface area contributed by atoms with Gasteiger partial charge in [-0.25, -0.2) is 10.1 Å². The first kappa shape index (κ1) is 17.8. The maximum Gasteiger partial charge on any atom is 0.271 e. The van der Waals surface area contributed by atoms with Gasteiger partial charge in [0.1, 0.15) is 23.9 Å². The van der Waals surface area contributed by atoms with Crippen LogP contribution >= 0.6 is 0 Å². The maximum absolute atomic E-state index is 11.9. The number of ether oxygens (including phenoxy) is 2. The van der Waals surface area contributed by atoms with E-state index in [1.807, 2.05) is 0 Å². The summed E-state index contributed by atoms with van der Waals surface area (Å²) in [6, 6.07) is 4.39. The highest BCUT2D eigenvalue weighted by atomic mass is 16.5. The van der Waals surface area contributed by atoms with E-state index in [-0.39, 0.29) is 24.4 Å². The van der Waals surface area contributed by atoms with E-state index in [1.165, 1.54) is 12.1 Å². The minimum atomic E-state index is -0.391. The summed E-state index contributed by atoms with van der Waals surface area (Å²) in [6.07, 6.45) is 0. The summed E-state index contributed by atoms with van der Waals surface area (Å²) in [5.74, 6) is 1.48. The molecule has 2 aromatic heterocycles. The van der Waals surface area contributed by atoms with Crippen molar-refractivity contribution in [3.63, 3.8) is 0 Å². The molecule has 3 rings (SSSR count). The number of aromatic nitrogens is 4. The van der Waals surface area contributed by atoms with Gasteiger partial charge in [-0.15, -0.1) is 0 Å². The van der Waals surface area contributed by atoms with Gasteiger partial charge in [0.25, 0.3) is 11.5 Å². The monoisotopic (exact) mass is 360 g/mol. The Labute approximate surface area is 149 Å². The summed E-state index contributed by atoms with van der Waals surface area (Å²) < 4.78 is 11.0. The second-order valence-electron chi connectivity index (χ2n) is 5.62. The van der Waals surface area contributed by atoms with Gasteiger partial charge in [0.05, 0.1) is 19.8 Å². The smallest absolute Gasteiger partial charge is 0.271 e. The van der Waals surface area contributed by atoms with Crippen molar-refractivity contribution in [2.75, 3.05) is 44.4 Å². The number of rotatable bonds is 6. The first-order valence-electron chi connectivity index (χ1n) is 8.27. The molecule has 1 amide bonds. The maximum atomic E-state index is 11.9. The van der Waals surface area contributed by atoms with Crippen molar-refractivity contribution < 1.29 is 14.3 Å². The van der Waals surface area contributed by atoms with Crippen molar-refractivity contribution in [2.45, 2.75) is 6.92 Å². The molecule has 0 saturated carbocycles. The zero-order valence-electron chi connectivity index (χ0n) is 14.4. The number of hydrogen-bond acceptors (Lipinski definition) is 8. The molecule has 26 heavy (non-hydrogen) atoms. The van der Waals surface area contributed by atoms with E-state index in [1.54, 1.807) is 13.0 Å². The summed E-state index contributed by atoms with van der Waals surface area (Å²) >= 11 is 0. The number of hydrogen-bond donors (Lipinski definition) is 2. The van der Waals surface area contributed by atoms with Crippen LogP contribution in [0, 0.1) is 6.92 Å². The summed E-state index contributed by atoms with van der Waals surface area (Å²) in [6.45, 7) is 5.22. The highest BCUT2D eigenvalue weighted by Gasteiger charge is 2.14. The van der Waals surface area contributed by atoms with Gasteiger partial charge in [-0.2, -0.15) is 10.1 Å². The number of aromatic amines is 1. The van der Waals surface area contributed by atoms with Crippen LogP contribution in [-0.4, -0.2) is 65.5 Å². The molecule has 0 aliphatic carbocycles. The van der Waals surface area contributed by atoms with Crippen molar-refractivity contribution >= 4 is 11.7 Å². The lowest BCUT2D eigenvalue weighted by Crippen LogP contribution is -2.37. The van der Waals surface area contributed by atoms with Crippen LogP contribution in [0.5, 0.6) is 5.88 Å². The Morgan fingerprint density at radius 1 is 1.35 bits per heavy atom. The number of nitrogens with one attached hydrogen (secondary N) is 2. The van der Waals surface area contributed by atoms with Crippen molar-refractivity contribution in [3.8, 4) is 5.88 Å². The van der Waals surface area contributed by atoms with Gasteiger partial charge in [0.2, 0.25) is 5.88 Å². The fourth-order valence-corrected chi connectivity index (χ4v) is 2.44. The molecule has 0 unspecified atom stereocenters. The third-order valence-electron chi connectivity index (χ3n) is 3.69. The molecular weight excluding hydrogens is 340 g/mol. The molecule has 3 heterocycles. The second-order valence-corrected chi connectivity index (χ2v) is 5.62. The number of aryl methyl sites for hydroxylation is 1. The first-order chi connectivity index (χ1) is 12.6. The molecule has 0 atom stereocenters. The molecule has 0 radical (unpaired) electrons. The molecule has 0 spiro atoms. The summed E-state index contributed by atoms with van der Waals surface area (Å²) in [4.78, 5) is 33.6. The van der Waals surface area contributed by atoms with E-state index < -0.39 is 5.91 Å². The van der Waals surface area contributed by atoms with Gasteiger partial charge in [-0.3, -0.25) is 9.59 Å². The molecule has 2 aromatic rings. The van der Waals surface area contributed by atoms with Crippen LogP contribution in [0.2, 0.25) is 0 Å². The number of carbonyl (C=O) groups excluding carboxylic acids is 1. The van der Waals surface area contributed by atoms with Gasteiger partial charge in [-0.05, 0) is 13.0 Å². The Bertz CT molecular complexity index is 798. The van der Waals surface area contributed by atoms with E-state index in [9.17, 15) is 9.59 Å². The second kappa shape index (κ2) is 8.39. The van der Waals surface area contributed by atoms with Crippen LogP contribution in [0.25, 0.3) is 0 Å². The number of anilines is 1. The Balaban J connectivity index is 1.51. The van der Waals surface area contributed by atoms with E-state index in [2.05, 4.69) is 30.4 Å². The predicted octanol–water partition coefficient (Wildman–Crippen LogP) is -0.486. The summed E-state index contributed by atoms with van der Waals surface area (Å²) in [7, 11) is 0. The van der Waals surface area contributed by atoms with Crippen LogP contribution in [0.4, 0.5) is 5.82 Å². The standard InChI is InChI=1S/C16H20N6O4/c1-11-18-13(22-5-8-25-9-6-22)10-15(19-11)26-7-4-17-16(24)12-2-3-14(23)21-20-12/h2-3,10H,4-9H2,1H3,(H,17,24)(H,21,23). The fourth-order valence-electron chi connectivity index (χ4n) is 2.44. The highest BCUT2D eigenvalue weighted by molar-refractivity contribution is 5.91. The van der Waals surface area contributed by atoms with Gasteiger partial charge in [0, 0.05) is 25.2 Å². The third kappa shape index (κ3) is 4.76. The zero-order chi connectivity index (χ0) is 18.4. The van der Waals surface area contributed by atoms with Crippen LogP contribution in [0.3, 0.4) is 0 Å². The molecule has 2 N–H and O–H groups in total. The molecular formula is C16H20N6O4. The summed E-state index contributed by atoms with van der Waals surface area (Å²) in [5.41, 5.74) is -0.225. The predicted molar refractivity (Wildman–Crippen MR) is 92.5 cm³/mol. The fraction of sp³-hybridized carbons (Fsp3) is 0.438. The molecule has 138 valence electrons. The van der Waals surface area contributed by atoms with Crippen molar-refractivity contribution in [1.82, 2.24) is 25.5 Å². The zero-order valence-corrected chi connectivity index (χ0v) is 14.4. The minimum Gasteiger partial charge on any atom is -0.476 e. The van der Waals surface area contributed by atoms with E-state index in [0.717, 1.165) is 18.9 Å². The Morgan fingerprint density at radius 3 is 2.88 bits per heavy atom. The molecule has 10 heteroatoms. The number of nitrogens with zero attached hydrogens (tertiary/aromatic N) is 4. The largest absolute Gasteiger partial charge is 0.476 e. The van der Waals surface area contributed by atoms with E-state index >= 15 is 0 Å².